The van der Waals surface area contributed by atoms with Crippen molar-refractivity contribution in [2.45, 2.75) is 58.3 Å². The maximum Gasteiger partial charge on any atom is 0.418 e. The van der Waals surface area contributed by atoms with Crippen LogP contribution in [-0.4, -0.2) is 48.7 Å². The SMILES string of the molecule is CCN1C(=CC=Cc2n(CC)c3cc(Cl)c(C(F)(F)F)cc3[n+]2CC(F)(F)C(F)F)N(CCCCS(=O)(=O)[O-])c2cc(C#N)c(Cl)cc21. The van der Waals surface area contributed by atoms with Crippen molar-refractivity contribution < 1.29 is 48.3 Å². The van der Waals surface area contributed by atoms with Gasteiger partial charge in [-0.3, -0.25) is 0 Å². The number of nitrogens with zero attached hydrogens (tertiary/aromatic N) is 5. The van der Waals surface area contributed by atoms with E-state index in [1.165, 1.54) is 28.9 Å². The summed E-state index contributed by atoms with van der Waals surface area (Å²) >= 11 is 12.2. The number of imidazole rings is 1. The fourth-order valence-corrected chi connectivity index (χ4v) is 6.55. The Morgan fingerprint density at radius 3 is 2.23 bits per heavy atom. The predicted octanol–water partition coefficient (Wildman–Crippen LogP) is 7.57. The van der Waals surface area contributed by atoms with Gasteiger partial charge in [-0.1, -0.05) is 29.3 Å². The average molecular weight is 743 g/mol. The first kappa shape index (κ1) is 37.3. The number of anilines is 2. The molecular weight excluding hydrogens is 714 g/mol. The third-order valence-electron chi connectivity index (χ3n) is 7.66. The van der Waals surface area contributed by atoms with Crippen molar-refractivity contribution in [3.63, 3.8) is 0 Å². The molecule has 2 aromatic carbocycles. The summed E-state index contributed by atoms with van der Waals surface area (Å²) < 4.78 is 132. The van der Waals surface area contributed by atoms with Crippen molar-refractivity contribution in [1.82, 2.24) is 4.57 Å². The molecule has 8 nitrogen and oxygen atoms in total. The molecule has 260 valence electrons. The molecule has 0 aliphatic carbocycles. The van der Waals surface area contributed by atoms with E-state index < -0.39 is 57.0 Å². The van der Waals surface area contributed by atoms with Crippen molar-refractivity contribution in [1.29, 1.82) is 5.26 Å². The van der Waals surface area contributed by atoms with Gasteiger partial charge in [0, 0.05) is 37.1 Å². The first-order valence-electron chi connectivity index (χ1n) is 14.4. The molecule has 0 unspecified atom stereocenters. The number of aryl methyl sites for hydroxylation is 1. The molecule has 1 aromatic heterocycles. The van der Waals surface area contributed by atoms with Crippen molar-refractivity contribution in [3.8, 4) is 6.07 Å². The van der Waals surface area contributed by atoms with E-state index in [-0.39, 0.29) is 47.9 Å². The second-order valence-electron chi connectivity index (χ2n) is 10.8. The molecular formula is C30H28Cl2F7N5O3S. The molecule has 0 saturated heterocycles. The molecule has 0 bridgehead atoms. The van der Waals surface area contributed by atoms with E-state index in [9.17, 15) is 49.0 Å². The van der Waals surface area contributed by atoms with Crippen LogP contribution in [-0.2, 0) is 29.4 Å². The molecule has 1 aliphatic heterocycles. The number of halogens is 9. The van der Waals surface area contributed by atoms with Crippen LogP contribution < -0.4 is 14.4 Å². The van der Waals surface area contributed by atoms with Crippen LogP contribution in [0.5, 0.6) is 0 Å². The highest BCUT2D eigenvalue weighted by Crippen LogP contribution is 2.44. The smallest absolute Gasteiger partial charge is 0.418 e. The molecule has 0 saturated carbocycles. The van der Waals surface area contributed by atoms with Gasteiger partial charge in [0.1, 0.15) is 11.9 Å². The minimum atomic E-state index is -4.96. The van der Waals surface area contributed by atoms with E-state index in [2.05, 4.69) is 0 Å². The number of benzene rings is 2. The maximum absolute atomic E-state index is 14.5. The molecule has 4 rings (SSSR count). The molecule has 48 heavy (non-hydrogen) atoms. The Balaban J connectivity index is 1.88. The first-order valence-corrected chi connectivity index (χ1v) is 16.8. The lowest BCUT2D eigenvalue weighted by atomic mass is 10.1. The molecule has 3 aromatic rings. The Morgan fingerprint density at radius 2 is 1.67 bits per heavy atom. The van der Waals surface area contributed by atoms with Crippen LogP contribution in [0, 0.1) is 11.3 Å². The highest BCUT2D eigenvalue weighted by atomic mass is 35.5. The molecule has 0 N–H and O–H groups in total. The lowest BCUT2D eigenvalue weighted by molar-refractivity contribution is -0.694. The number of fused-ring (bicyclic) bond motifs is 2. The van der Waals surface area contributed by atoms with Crippen molar-refractivity contribution >= 4 is 61.8 Å². The Hall–Kier alpha value is -3.52. The first-order chi connectivity index (χ1) is 22.3. The second kappa shape index (κ2) is 14.1. The van der Waals surface area contributed by atoms with Gasteiger partial charge in [-0.05, 0) is 44.9 Å². The highest BCUT2D eigenvalue weighted by molar-refractivity contribution is 7.85. The van der Waals surface area contributed by atoms with Gasteiger partial charge in [0.25, 0.3) is 5.82 Å². The van der Waals surface area contributed by atoms with Gasteiger partial charge < -0.3 is 14.4 Å². The zero-order valence-corrected chi connectivity index (χ0v) is 27.7. The number of rotatable bonds is 12. The Kier molecular flexibility index (Phi) is 11.0. The van der Waals surface area contributed by atoms with E-state index in [0.29, 0.717) is 34.4 Å². The number of hydrogen-bond acceptors (Lipinski definition) is 6. The van der Waals surface area contributed by atoms with Gasteiger partial charge >= 0.3 is 18.5 Å². The van der Waals surface area contributed by atoms with E-state index in [1.54, 1.807) is 29.7 Å². The van der Waals surface area contributed by atoms with Crippen LogP contribution >= 0.6 is 23.2 Å². The van der Waals surface area contributed by atoms with Gasteiger partial charge in [-0.2, -0.15) is 27.2 Å². The summed E-state index contributed by atoms with van der Waals surface area (Å²) in [5.74, 6) is -4.86. The average Bonchev–Trinajstić information content (AvgIpc) is 3.42. The summed E-state index contributed by atoms with van der Waals surface area (Å²) in [4.78, 5) is 3.53. The normalized spacial score (nSPS) is 15.0. The molecule has 0 spiro atoms. The number of unbranched alkanes of at least 4 members (excludes halogenated alkanes) is 1. The second-order valence-corrected chi connectivity index (χ2v) is 13.1. The number of allylic oxidation sites excluding steroid dienone is 2. The third kappa shape index (κ3) is 7.69. The van der Waals surface area contributed by atoms with Crippen LogP contribution in [0.2, 0.25) is 10.0 Å². The zero-order chi connectivity index (χ0) is 35.8. The largest absolute Gasteiger partial charge is 0.748 e. The molecule has 0 fully saturated rings. The van der Waals surface area contributed by atoms with Crippen molar-refractivity contribution in [2.75, 3.05) is 28.6 Å². The van der Waals surface area contributed by atoms with Crippen molar-refractivity contribution in [3.05, 3.63) is 69.2 Å². The monoisotopic (exact) mass is 741 g/mol. The summed E-state index contributed by atoms with van der Waals surface area (Å²) in [6, 6.07) is 6.59. The molecule has 1 aliphatic rings. The fourth-order valence-electron chi connectivity index (χ4n) is 5.53. The van der Waals surface area contributed by atoms with E-state index in [1.807, 2.05) is 6.07 Å². The lowest BCUT2D eigenvalue weighted by Gasteiger charge is -2.24. The highest BCUT2D eigenvalue weighted by Gasteiger charge is 2.45. The van der Waals surface area contributed by atoms with E-state index >= 15 is 0 Å². The number of aromatic nitrogens is 2. The standard InChI is InChI=1S/C30H28Cl2F7N5O3S/c1-3-41-24-14-20(31)18(16-40)12-22(24)43(10-5-6-11-48(45,46)47)26(41)8-7-9-27-42(4-2)25-15-21(32)19(30(37,38)39)13-23(25)44(27)17-29(35,36)28(33)34/h7-9,12-15,28H,3-6,10-11,17H2,1-2H3. The van der Waals surface area contributed by atoms with Gasteiger partial charge in [-0.25, -0.2) is 26.3 Å². The Morgan fingerprint density at radius 1 is 1.00 bits per heavy atom. The van der Waals surface area contributed by atoms with Crippen LogP contribution in [0.3, 0.4) is 0 Å². The summed E-state index contributed by atoms with van der Waals surface area (Å²) in [7, 11) is -4.47. The molecule has 18 heteroatoms. The van der Waals surface area contributed by atoms with Gasteiger partial charge in [0.05, 0.1) is 49.2 Å². The summed E-state index contributed by atoms with van der Waals surface area (Å²) in [6.07, 6.45) is -4.58. The quantitative estimate of drug-likeness (QED) is 0.0823. The van der Waals surface area contributed by atoms with Gasteiger partial charge in [-0.15, -0.1) is 0 Å². The predicted molar refractivity (Wildman–Crippen MR) is 166 cm³/mol. The van der Waals surface area contributed by atoms with Crippen molar-refractivity contribution in [2.24, 2.45) is 0 Å². The molecule has 0 amide bonds. The fraction of sp³-hybridized carbons (Fsp3) is 0.400. The number of nitriles is 1. The summed E-state index contributed by atoms with van der Waals surface area (Å²) in [6.45, 7) is 2.33. The van der Waals surface area contributed by atoms with Crippen LogP contribution in [0.1, 0.15) is 43.6 Å². The molecule has 2 heterocycles. The molecule has 0 atom stereocenters. The minimum absolute atomic E-state index is 0.00459. The number of hydrogen-bond donors (Lipinski definition) is 0. The van der Waals surface area contributed by atoms with E-state index in [4.69, 9.17) is 23.2 Å². The Labute approximate surface area is 281 Å². The van der Waals surface area contributed by atoms with Gasteiger partial charge in [0.15, 0.2) is 17.6 Å². The number of alkyl halides is 7. The summed E-state index contributed by atoms with van der Waals surface area (Å²) in [5.41, 5.74) is -0.439. The lowest BCUT2D eigenvalue weighted by Crippen LogP contribution is -2.48. The topological polar surface area (TPSA) is 96.3 Å². The minimum Gasteiger partial charge on any atom is -0.748 e. The van der Waals surface area contributed by atoms with Crippen LogP contribution in [0.25, 0.3) is 17.1 Å². The zero-order valence-electron chi connectivity index (χ0n) is 25.3. The van der Waals surface area contributed by atoms with E-state index in [0.717, 1.165) is 6.07 Å². The molecule has 0 radical (unpaired) electrons. The third-order valence-corrected chi connectivity index (χ3v) is 9.08. The summed E-state index contributed by atoms with van der Waals surface area (Å²) in [5, 5.41) is 9.01. The maximum atomic E-state index is 14.5. The van der Waals surface area contributed by atoms with Gasteiger partial charge in [0.2, 0.25) is 0 Å². The van der Waals surface area contributed by atoms with Crippen LogP contribution in [0.15, 0.2) is 42.2 Å². The Bertz CT molecular complexity index is 1920. The van der Waals surface area contributed by atoms with Crippen LogP contribution in [0.4, 0.5) is 42.1 Å².